The number of hydrogen-bond acceptors (Lipinski definition) is 4. The standard InChI is InChI=1S/C19H18N2O5/c1-11-3-6-14(7-4-11)20-17(22)10-21-15-9-13(19(24)25)5-8-16(15)26-12(2)18(21)23/h3-9,12H,10H2,1-2H3,(H,20,22)(H,24,25). The maximum atomic E-state index is 12.5. The minimum absolute atomic E-state index is 0.0126. The summed E-state index contributed by atoms with van der Waals surface area (Å²) >= 11 is 0. The molecule has 7 nitrogen and oxygen atoms in total. The zero-order valence-electron chi connectivity index (χ0n) is 14.4. The van der Waals surface area contributed by atoms with E-state index in [1.165, 1.54) is 23.1 Å². The Morgan fingerprint density at radius 1 is 1.19 bits per heavy atom. The van der Waals surface area contributed by atoms with E-state index in [4.69, 9.17) is 9.84 Å². The van der Waals surface area contributed by atoms with Crippen LogP contribution in [0.5, 0.6) is 5.75 Å². The monoisotopic (exact) mass is 354 g/mol. The van der Waals surface area contributed by atoms with Gasteiger partial charge in [0.25, 0.3) is 5.91 Å². The van der Waals surface area contributed by atoms with Crippen LogP contribution in [0.1, 0.15) is 22.8 Å². The summed E-state index contributed by atoms with van der Waals surface area (Å²) in [4.78, 5) is 37.3. The molecule has 2 amide bonds. The van der Waals surface area contributed by atoms with Crippen LogP contribution in [-0.2, 0) is 9.59 Å². The number of nitrogens with zero attached hydrogens (tertiary/aromatic N) is 1. The molecule has 2 aromatic rings. The van der Waals surface area contributed by atoms with Crippen LogP contribution in [0.4, 0.5) is 11.4 Å². The molecule has 0 saturated heterocycles. The second kappa shape index (κ2) is 6.87. The fourth-order valence-corrected chi connectivity index (χ4v) is 2.68. The van der Waals surface area contributed by atoms with Gasteiger partial charge in [0.05, 0.1) is 11.3 Å². The molecule has 2 N–H and O–H groups in total. The minimum Gasteiger partial charge on any atom is -0.479 e. The zero-order valence-corrected chi connectivity index (χ0v) is 14.4. The van der Waals surface area contributed by atoms with Crippen LogP contribution in [0.15, 0.2) is 42.5 Å². The summed E-state index contributed by atoms with van der Waals surface area (Å²) in [6.45, 7) is 3.29. The Labute approximate surface area is 150 Å². The molecule has 0 bridgehead atoms. The van der Waals surface area contributed by atoms with Crippen LogP contribution in [-0.4, -0.2) is 35.5 Å². The number of amides is 2. The van der Waals surface area contributed by atoms with E-state index in [0.717, 1.165) is 5.56 Å². The number of rotatable bonds is 4. The second-order valence-corrected chi connectivity index (χ2v) is 6.09. The van der Waals surface area contributed by atoms with Crippen LogP contribution in [0.25, 0.3) is 0 Å². The Balaban J connectivity index is 1.85. The highest BCUT2D eigenvalue weighted by molar-refractivity contribution is 6.06. The third-order valence-electron chi connectivity index (χ3n) is 4.05. The average molecular weight is 354 g/mol. The van der Waals surface area contributed by atoms with Gasteiger partial charge in [-0.1, -0.05) is 17.7 Å². The van der Waals surface area contributed by atoms with E-state index in [9.17, 15) is 14.4 Å². The van der Waals surface area contributed by atoms with Crippen molar-refractivity contribution in [2.24, 2.45) is 0 Å². The molecule has 2 aromatic carbocycles. The van der Waals surface area contributed by atoms with E-state index in [1.807, 2.05) is 19.1 Å². The van der Waals surface area contributed by atoms with Crippen molar-refractivity contribution in [1.29, 1.82) is 0 Å². The molecule has 26 heavy (non-hydrogen) atoms. The SMILES string of the molecule is Cc1ccc(NC(=O)CN2C(=O)C(C)Oc3ccc(C(=O)O)cc32)cc1. The summed E-state index contributed by atoms with van der Waals surface area (Å²) in [7, 11) is 0. The fourth-order valence-electron chi connectivity index (χ4n) is 2.68. The van der Waals surface area contributed by atoms with Crippen LogP contribution in [0.2, 0.25) is 0 Å². The van der Waals surface area contributed by atoms with Crippen molar-refractivity contribution in [2.45, 2.75) is 20.0 Å². The van der Waals surface area contributed by atoms with Gasteiger partial charge >= 0.3 is 5.97 Å². The van der Waals surface area contributed by atoms with Gasteiger partial charge < -0.3 is 15.2 Å². The highest BCUT2D eigenvalue weighted by Crippen LogP contribution is 2.34. The number of carbonyl (C=O) groups is 3. The van der Waals surface area contributed by atoms with E-state index in [-0.39, 0.29) is 23.7 Å². The molecule has 1 unspecified atom stereocenters. The lowest BCUT2D eigenvalue weighted by atomic mass is 10.1. The van der Waals surface area contributed by atoms with E-state index in [2.05, 4.69) is 5.32 Å². The molecule has 1 aliphatic heterocycles. The topological polar surface area (TPSA) is 95.9 Å². The molecule has 0 fully saturated rings. The number of carboxylic acid groups (broad SMARTS) is 1. The quantitative estimate of drug-likeness (QED) is 0.879. The van der Waals surface area contributed by atoms with E-state index < -0.39 is 18.0 Å². The van der Waals surface area contributed by atoms with Crippen LogP contribution >= 0.6 is 0 Å². The molecule has 0 radical (unpaired) electrons. The Kier molecular flexibility index (Phi) is 4.62. The summed E-state index contributed by atoms with van der Waals surface area (Å²) in [6, 6.07) is 11.5. The molecular weight excluding hydrogens is 336 g/mol. The van der Waals surface area contributed by atoms with Crippen molar-refractivity contribution in [3.05, 3.63) is 53.6 Å². The van der Waals surface area contributed by atoms with E-state index >= 15 is 0 Å². The third-order valence-corrected chi connectivity index (χ3v) is 4.05. The summed E-state index contributed by atoms with van der Waals surface area (Å²) in [6.07, 6.45) is -0.759. The molecule has 1 heterocycles. The summed E-state index contributed by atoms with van der Waals surface area (Å²) < 4.78 is 5.51. The van der Waals surface area contributed by atoms with Crippen molar-refractivity contribution in [3.63, 3.8) is 0 Å². The number of aromatic carboxylic acids is 1. The Morgan fingerprint density at radius 3 is 2.54 bits per heavy atom. The summed E-state index contributed by atoms with van der Waals surface area (Å²) in [5.41, 5.74) is 1.97. The smallest absolute Gasteiger partial charge is 0.335 e. The van der Waals surface area contributed by atoms with Crippen molar-refractivity contribution in [1.82, 2.24) is 0 Å². The first kappa shape index (κ1) is 17.5. The number of anilines is 2. The van der Waals surface area contributed by atoms with Crippen LogP contribution < -0.4 is 15.0 Å². The molecular formula is C19H18N2O5. The highest BCUT2D eigenvalue weighted by Gasteiger charge is 2.33. The van der Waals surface area contributed by atoms with Gasteiger partial charge in [0.2, 0.25) is 5.91 Å². The minimum atomic E-state index is -1.12. The summed E-state index contributed by atoms with van der Waals surface area (Å²) in [5, 5.41) is 11.9. The van der Waals surface area contributed by atoms with Gasteiger partial charge in [-0.3, -0.25) is 14.5 Å². The number of carbonyl (C=O) groups excluding carboxylic acids is 2. The molecule has 3 rings (SSSR count). The van der Waals surface area contributed by atoms with Gasteiger partial charge in [0, 0.05) is 5.69 Å². The summed E-state index contributed by atoms with van der Waals surface area (Å²) in [5.74, 6) is -1.55. The molecule has 0 saturated carbocycles. The van der Waals surface area contributed by atoms with Crippen molar-refractivity contribution in [2.75, 3.05) is 16.8 Å². The maximum absolute atomic E-state index is 12.5. The first-order valence-corrected chi connectivity index (χ1v) is 8.07. The Morgan fingerprint density at radius 2 is 1.88 bits per heavy atom. The van der Waals surface area contributed by atoms with Gasteiger partial charge in [0.15, 0.2) is 6.10 Å². The number of hydrogen-bond donors (Lipinski definition) is 2. The Hall–Kier alpha value is -3.35. The highest BCUT2D eigenvalue weighted by atomic mass is 16.5. The van der Waals surface area contributed by atoms with Gasteiger partial charge in [-0.2, -0.15) is 0 Å². The first-order valence-electron chi connectivity index (χ1n) is 8.07. The van der Waals surface area contributed by atoms with E-state index in [1.54, 1.807) is 19.1 Å². The molecule has 0 spiro atoms. The van der Waals surface area contributed by atoms with Gasteiger partial charge in [-0.05, 0) is 44.2 Å². The van der Waals surface area contributed by atoms with Crippen molar-refractivity contribution >= 4 is 29.2 Å². The number of nitrogens with one attached hydrogen (secondary N) is 1. The van der Waals surface area contributed by atoms with Crippen LogP contribution in [0, 0.1) is 6.92 Å². The molecule has 134 valence electrons. The predicted molar refractivity (Wildman–Crippen MR) is 95.7 cm³/mol. The van der Waals surface area contributed by atoms with Crippen molar-refractivity contribution < 1.29 is 24.2 Å². The zero-order chi connectivity index (χ0) is 18.8. The number of aryl methyl sites for hydroxylation is 1. The second-order valence-electron chi connectivity index (χ2n) is 6.09. The van der Waals surface area contributed by atoms with Gasteiger partial charge in [0.1, 0.15) is 12.3 Å². The largest absolute Gasteiger partial charge is 0.479 e. The molecule has 0 aliphatic carbocycles. The third kappa shape index (κ3) is 3.51. The molecule has 1 atom stereocenters. The molecule has 1 aliphatic rings. The Bertz CT molecular complexity index is 876. The number of carboxylic acids is 1. The normalized spacial score (nSPS) is 15.8. The lowest BCUT2D eigenvalue weighted by Crippen LogP contribution is -2.47. The van der Waals surface area contributed by atoms with E-state index in [0.29, 0.717) is 11.4 Å². The molecule has 0 aromatic heterocycles. The average Bonchev–Trinajstić information content (AvgIpc) is 2.60. The number of ether oxygens (including phenoxy) is 1. The lowest BCUT2D eigenvalue weighted by Gasteiger charge is -2.32. The predicted octanol–water partition coefficient (Wildman–Crippen LogP) is 2.45. The molecule has 7 heteroatoms. The van der Waals surface area contributed by atoms with Gasteiger partial charge in [-0.15, -0.1) is 0 Å². The van der Waals surface area contributed by atoms with Crippen molar-refractivity contribution in [3.8, 4) is 5.75 Å². The number of fused-ring (bicyclic) bond motifs is 1. The number of benzene rings is 2. The lowest BCUT2D eigenvalue weighted by molar-refractivity contribution is -0.127. The fraction of sp³-hybridized carbons (Fsp3) is 0.211. The maximum Gasteiger partial charge on any atom is 0.335 e. The van der Waals surface area contributed by atoms with Crippen LogP contribution in [0.3, 0.4) is 0 Å². The first-order chi connectivity index (χ1) is 12.3. The van der Waals surface area contributed by atoms with Gasteiger partial charge in [-0.25, -0.2) is 4.79 Å².